The monoisotopic (exact) mass is 1450 g/mol. The fraction of sp³-hybridized carbons (Fsp3) is 0.0600. The van der Waals surface area contributed by atoms with E-state index in [1.54, 1.807) is 0 Å². The Bertz CT molecular complexity index is 6790. The lowest BCUT2D eigenvalue weighted by Crippen LogP contribution is -2.17. The fourth-order valence-electron chi connectivity index (χ4n) is 17.5. The van der Waals surface area contributed by atoms with Crippen LogP contribution < -0.4 is 9.80 Å². The molecule has 0 fully saturated rings. The molecule has 0 bridgehead atoms. The SMILES string of the molecule is CC1(C)c2ccccc2-c2c1c(-c1cc(Cl)cc(N(c3ccccc3)c3ccc4oc5ccccc5c4c3)c1)c1ccccc1c2-c1cc2ccccc2s1.CC1(C)c2ccccc2-c2c1ccc1c(-c3cc(Cl)cc(N(c4cccc(-c5ccccc5)c4)c4ccc5sc6ccccc6c5c4)c3)cccc21. The maximum absolute atomic E-state index is 7.27. The fourth-order valence-corrected chi connectivity index (χ4v) is 20.2. The van der Waals surface area contributed by atoms with Crippen LogP contribution in [0.25, 0.3) is 140 Å². The molecule has 7 heteroatoms. The molecule has 0 spiro atoms. The number of nitrogens with zero attached hydrogens (tertiary/aromatic N) is 2. The first-order chi connectivity index (χ1) is 52.4. The zero-order valence-corrected chi connectivity index (χ0v) is 62.4. The summed E-state index contributed by atoms with van der Waals surface area (Å²) in [7, 11) is 0. The maximum Gasteiger partial charge on any atom is 0.135 e. The highest BCUT2D eigenvalue weighted by Gasteiger charge is 2.42. The number of hydrogen-bond donors (Lipinski definition) is 0. The Morgan fingerprint density at radius 1 is 0.271 bits per heavy atom. The molecule has 510 valence electrons. The van der Waals surface area contributed by atoms with Gasteiger partial charge in [0.2, 0.25) is 0 Å². The van der Waals surface area contributed by atoms with Crippen LogP contribution in [0.4, 0.5) is 34.1 Å². The van der Waals surface area contributed by atoms with Crippen LogP contribution in [0, 0.1) is 0 Å². The normalized spacial score (nSPS) is 13.1. The van der Waals surface area contributed by atoms with Gasteiger partial charge in [-0.05, 0) is 226 Å². The Balaban J connectivity index is 0.000000142. The Labute approximate surface area is 639 Å². The van der Waals surface area contributed by atoms with Gasteiger partial charge in [-0.2, -0.15) is 0 Å². The predicted octanol–water partition coefficient (Wildman–Crippen LogP) is 30.7. The molecule has 19 aromatic rings. The number of thiophene rings is 2. The second-order valence-corrected chi connectivity index (χ2v) is 32.3. The van der Waals surface area contributed by atoms with Gasteiger partial charge in [0.25, 0.3) is 0 Å². The van der Waals surface area contributed by atoms with Crippen LogP contribution in [-0.2, 0) is 10.8 Å². The van der Waals surface area contributed by atoms with E-state index in [0.29, 0.717) is 10.0 Å². The van der Waals surface area contributed by atoms with Crippen LogP contribution in [0.1, 0.15) is 49.9 Å². The van der Waals surface area contributed by atoms with Crippen molar-refractivity contribution in [1.82, 2.24) is 0 Å². The Kier molecular flexibility index (Phi) is 15.4. The van der Waals surface area contributed by atoms with Crippen molar-refractivity contribution >= 4 is 154 Å². The number of hydrogen-bond acceptors (Lipinski definition) is 5. The quantitative estimate of drug-likeness (QED) is 0.136. The lowest BCUT2D eigenvalue weighted by Gasteiger charge is -2.29. The van der Waals surface area contributed by atoms with Crippen LogP contribution in [0.5, 0.6) is 0 Å². The van der Waals surface area contributed by atoms with E-state index in [1.807, 2.05) is 34.8 Å². The lowest BCUT2D eigenvalue weighted by atomic mass is 9.76. The number of halogens is 2. The van der Waals surface area contributed by atoms with Gasteiger partial charge in [-0.15, -0.1) is 22.7 Å². The zero-order chi connectivity index (χ0) is 71.8. The van der Waals surface area contributed by atoms with Crippen molar-refractivity contribution in [2.45, 2.75) is 38.5 Å². The smallest absolute Gasteiger partial charge is 0.135 e. The van der Waals surface area contributed by atoms with Crippen molar-refractivity contribution in [2.75, 3.05) is 9.80 Å². The summed E-state index contributed by atoms with van der Waals surface area (Å²) in [5, 5.41) is 12.3. The third-order valence-corrected chi connectivity index (χ3v) is 25.1. The molecule has 0 N–H and O–H groups in total. The predicted molar refractivity (Wildman–Crippen MR) is 460 cm³/mol. The second kappa shape index (κ2) is 25.5. The lowest BCUT2D eigenvalue weighted by molar-refractivity contribution is 0.661. The van der Waals surface area contributed by atoms with Crippen molar-refractivity contribution < 1.29 is 4.42 Å². The van der Waals surface area contributed by atoms with E-state index in [-0.39, 0.29) is 10.8 Å². The van der Waals surface area contributed by atoms with Crippen molar-refractivity contribution in [3.05, 3.63) is 372 Å². The number of anilines is 6. The first-order valence-electron chi connectivity index (χ1n) is 36.5. The van der Waals surface area contributed by atoms with Crippen molar-refractivity contribution in [2.24, 2.45) is 0 Å². The summed E-state index contributed by atoms with van der Waals surface area (Å²) in [6, 6.07) is 123. The molecule has 0 aliphatic heterocycles. The van der Waals surface area contributed by atoms with Crippen LogP contribution in [0.15, 0.2) is 344 Å². The largest absolute Gasteiger partial charge is 0.456 e. The summed E-state index contributed by atoms with van der Waals surface area (Å²) in [5.74, 6) is 0. The van der Waals surface area contributed by atoms with E-state index in [1.165, 1.54) is 129 Å². The van der Waals surface area contributed by atoms with Gasteiger partial charge in [0.05, 0.1) is 0 Å². The summed E-state index contributed by atoms with van der Waals surface area (Å²) in [6.07, 6.45) is 0. The van der Waals surface area contributed by atoms with Gasteiger partial charge in [-0.1, -0.05) is 269 Å². The van der Waals surface area contributed by atoms with Gasteiger partial charge in [0.15, 0.2) is 0 Å². The summed E-state index contributed by atoms with van der Waals surface area (Å²) < 4.78 is 10.1. The van der Waals surface area contributed by atoms with E-state index < -0.39 is 0 Å². The Morgan fingerprint density at radius 2 is 0.785 bits per heavy atom. The molecule has 0 saturated carbocycles. The van der Waals surface area contributed by atoms with Crippen molar-refractivity contribution in [1.29, 1.82) is 0 Å². The topological polar surface area (TPSA) is 19.6 Å². The Hall–Kier alpha value is -11.8. The molecule has 107 heavy (non-hydrogen) atoms. The first-order valence-corrected chi connectivity index (χ1v) is 38.9. The average molecular weight is 1450 g/mol. The van der Waals surface area contributed by atoms with Gasteiger partial charge in [0.1, 0.15) is 11.2 Å². The summed E-state index contributed by atoms with van der Waals surface area (Å²) in [4.78, 5) is 5.96. The van der Waals surface area contributed by atoms with Crippen molar-refractivity contribution in [3.63, 3.8) is 0 Å². The molecule has 16 aromatic carbocycles. The minimum atomic E-state index is -0.272. The average Bonchev–Trinajstić information content (AvgIpc) is 1.56. The van der Waals surface area contributed by atoms with Gasteiger partial charge in [0, 0.05) is 101 Å². The third-order valence-electron chi connectivity index (χ3n) is 22.3. The summed E-state index contributed by atoms with van der Waals surface area (Å²) in [6.45, 7) is 9.45. The van der Waals surface area contributed by atoms with Crippen LogP contribution in [-0.4, -0.2) is 0 Å². The van der Waals surface area contributed by atoms with Crippen LogP contribution in [0.2, 0.25) is 10.0 Å². The van der Waals surface area contributed by atoms with E-state index in [0.717, 1.165) is 67.2 Å². The molecular formula is C100H68Cl2N2OS2. The number of rotatable bonds is 10. The molecular weight excluding hydrogens is 1380 g/mol. The highest BCUT2D eigenvalue weighted by Crippen LogP contribution is 2.60. The van der Waals surface area contributed by atoms with Crippen LogP contribution >= 0.6 is 45.9 Å². The molecule has 0 amide bonds. The molecule has 0 atom stereocenters. The number of benzene rings is 16. The molecule has 0 saturated heterocycles. The zero-order valence-electron chi connectivity index (χ0n) is 59.2. The van der Waals surface area contributed by atoms with E-state index in [9.17, 15) is 0 Å². The minimum absolute atomic E-state index is 0.0526. The molecule has 3 heterocycles. The summed E-state index contributed by atoms with van der Waals surface area (Å²) >= 11 is 18.1. The molecule has 3 aromatic heterocycles. The number of fused-ring (bicyclic) bond motifs is 16. The van der Waals surface area contributed by atoms with E-state index in [2.05, 4.69) is 365 Å². The molecule has 0 unspecified atom stereocenters. The Morgan fingerprint density at radius 3 is 1.55 bits per heavy atom. The third kappa shape index (κ3) is 10.7. The standard InChI is InChI=1S/C51H34ClNOS.C49H34ClNS/c1-51(2)42-21-11-9-20-40(42)49-48(46-28-31-14-6-13-23-45(31)55-46)39-19-8-7-18-38(39)47(50(49)51)32-26-33(52)29-36(27-32)53(34-15-4-3-5-16-34)35-24-25-44-41(30-35)37-17-10-12-22-43(37)54-44;1-49(2)44-20-8-6-17-42(44)48-41-19-11-18-38(39(41)23-24-45(48)49)33-26-34(50)29-37(28-33)51(35-15-10-14-32(27-35)31-12-4-3-5-13-31)36-22-25-47-43(30-36)40-16-7-9-21-46(40)52-47/h3-30H,1-2H3;3-30H,1-2H3. The molecule has 3 nitrogen and oxygen atoms in total. The first kappa shape index (κ1) is 64.8. The number of furan rings is 1. The van der Waals surface area contributed by atoms with Gasteiger partial charge < -0.3 is 14.2 Å². The highest BCUT2D eigenvalue weighted by molar-refractivity contribution is 7.25. The highest BCUT2D eigenvalue weighted by atomic mass is 35.5. The molecule has 2 aliphatic carbocycles. The molecule has 0 radical (unpaired) electrons. The van der Waals surface area contributed by atoms with E-state index in [4.69, 9.17) is 27.6 Å². The maximum atomic E-state index is 7.27. The second-order valence-electron chi connectivity index (χ2n) is 29.3. The number of para-hydroxylation sites is 2. The molecule has 2 aliphatic rings. The van der Waals surface area contributed by atoms with Crippen molar-refractivity contribution in [3.8, 4) is 66.1 Å². The van der Waals surface area contributed by atoms with Gasteiger partial charge >= 0.3 is 0 Å². The molecule has 21 rings (SSSR count). The van der Waals surface area contributed by atoms with E-state index >= 15 is 0 Å². The van der Waals surface area contributed by atoms with Gasteiger partial charge in [-0.3, -0.25) is 0 Å². The van der Waals surface area contributed by atoms with Gasteiger partial charge in [-0.25, -0.2) is 0 Å². The van der Waals surface area contributed by atoms with Crippen LogP contribution in [0.3, 0.4) is 0 Å². The summed E-state index contributed by atoms with van der Waals surface area (Å²) in [5.41, 5.74) is 26.6. The minimum Gasteiger partial charge on any atom is -0.456 e.